The van der Waals surface area contributed by atoms with Gasteiger partial charge in [-0.3, -0.25) is 14.4 Å². The molecule has 48 heavy (non-hydrogen) atoms. The van der Waals surface area contributed by atoms with Crippen molar-refractivity contribution in [2.45, 2.75) is 150 Å². The number of hydrogen-bond donors (Lipinski definition) is 1. The van der Waals surface area contributed by atoms with Crippen LogP contribution in [0, 0.1) is 28.6 Å². The standard InChI is InChI=1S/C28H48O3S.C10H16O4.C2H6.H2/c1-9-28-16-15-20(2)17-22(28)14-13-21(3)25(28)12-10-11-23-18-24(19-26(29)30-23)31-32(7,8)27(4,5)6;1-4-7-14-8(11)5-6-10(2,3)9(12)13;1-2;/h13-14,17,20-21,23-25H,9-12,15-16,18-19H2,1-8H3;4H,1,5-7H2,2-3H3,(H,12,13);1-2H3;1H/t20-,21?,23-,24?,25?,28?;;;/m1.../s1. The highest BCUT2D eigenvalue weighted by Gasteiger charge is 2.45. The Morgan fingerprint density at radius 3 is 2.38 bits per heavy atom. The zero-order chi connectivity index (χ0) is 36.9. The van der Waals surface area contributed by atoms with Crippen LogP contribution in [0.1, 0.15) is 135 Å². The molecule has 1 heterocycles. The van der Waals surface area contributed by atoms with Crippen LogP contribution in [0.4, 0.5) is 0 Å². The Bertz CT molecular complexity index is 1120. The molecule has 280 valence electrons. The first-order valence-corrected chi connectivity index (χ1v) is 20.7. The van der Waals surface area contributed by atoms with E-state index in [1.807, 2.05) is 13.8 Å². The van der Waals surface area contributed by atoms with Crippen molar-refractivity contribution in [3.05, 3.63) is 36.5 Å². The number of carboxylic acid groups (broad SMARTS) is 1. The summed E-state index contributed by atoms with van der Waals surface area (Å²) < 4.78 is 17.1. The van der Waals surface area contributed by atoms with Gasteiger partial charge in [-0.2, -0.15) is 0 Å². The van der Waals surface area contributed by atoms with E-state index in [9.17, 15) is 14.4 Å². The topological polar surface area (TPSA) is 99.1 Å². The number of aliphatic carboxylic acids is 1. The van der Waals surface area contributed by atoms with Crippen LogP contribution in [0.25, 0.3) is 0 Å². The lowest BCUT2D eigenvalue weighted by Crippen LogP contribution is -2.40. The van der Waals surface area contributed by atoms with Gasteiger partial charge in [0.25, 0.3) is 0 Å². The fourth-order valence-electron chi connectivity index (χ4n) is 6.77. The minimum absolute atomic E-state index is 0. The van der Waals surface area contributed by atoms with Crippen LogP contribution in [0.5, 0.6) is 0 Å². The lowest BCUT2D eigenvalue weighted by Gasteiger charge is -2.49. The van der Waals surface area contributed by atoms with Gasteiger partial charge in [0, 0.05) is 19.0 Å². The first-order valence-electron chi connectivity index (χ1n) is 18.3. The van der Waals surface area contributed by atoms with Crippen LogP contribution in [-0.4, -0.2) is 59.1 Å². The fourth-order valence-corrected chi connectivity index (χ4v) is 7.89. The molecular formula is C40H72O7S. The molecule has 1 aliphatic heterocycles. The zero-order valence-electron chi connectivity index (χ0n) is 32.5. The molecule has 0 saturated carbocycles. The number of ether oxygens (including phenoxy) is 2. The number of carbonyl (C=O) groups excluding carboxylic acids is 2. The van der Waals surface area contributed by atoms with E-state index in [-0.39, 0.29) is 49.8 Å². The number of esters is 2. The first-order chi connectivity index (χ1) is 22.3. The molecule has 2 aliphatic carbocycles. The molecule has 3 aliphatic rings. The Hall–Kier alpha value is -2.06. The van der Waals surface area contributed by atoms with Crippen molar-refractivity contribution in [2.75, 3.05) is 19.1 Å². The van der Waals surface area contributed by atoms with Crippen LogP contribution < -0.4 is 0 Å². The smallest absolute Gasteiger partial charge is 0.309 e. The molecule has 8 heteroatoms. The largest absolute Gasteiger partial charge is 0.481 e. The molecule has 3 rings (SSSR count). The van der Waals surface area contributed by atoms with Crippen LogP contribution in [-0.2, 0) is 28.0 Å². The van der Waals surface area contributed by atoms with Gasteiger partial charge in [-0.15, -0.1) is 10.3 Å². The molecule has 0 aromatic heterocycles. The first kappa shape index (κ1) is 44.0. The fraction of sp³-hybridized carbons (Fsp3) is 0.775. The van der Waals surface area contributed by atoms with E-state index < -0.39 is 21.7 Å². The maximum atomic E-state index is 12.3. The summed E-state index contributed by atoms with van der Waals surface area (Å²) >= 11 is 0. The van der Waals surface area contributed by atoms with Gasteiger partial charge in [-0.25, -0.2) is 0 Å². The molecule has 4 unspecified atom stereocenters. The average Bonchev–Trinajstić information content (AvgIpc) is 3.00. The van der Waals surface area contributed by atoms with Crippen LogP contribution in [0.2, 0.25) is 0 Å². The highest BCUT2D eigenvalue weighted by atomic mass is 32.3. The van der Waals surface area contributed by atoms with Crippen molar-refractivity contribution in [2.24, 2.45) is 28.6 Å². The maximum absolute atomic E-state index is 12.3. The number of cyclic esters (lactones) is 1. The molecule has 1 saturated heterocycles. The van der Waals surface area contributed by atoms with E-state index in [1.54, 1.807) is 19.4 Å². The normalized spacial score (nSPS) is 27.5. The number of carboxylic acids is 1. The third-order valence-corrected chi connectivity index (χ3v) is 14.3. The van der Waals surface area contributed by atoms with Gasteiger partial charge >= 0.3 is 17.9 Å². The number of fused-ring (bicyclic) bond motifs is 1. The predicted molar refractivity (Wildman–Crippen MR) is 203 cm³/mol. The minimum Gasteiger partial charge on any atom is -0.481 e. The van der Waals surface area contributed by atoms with Crippen molar-refractivity contribution in [1.29, 1.82) is 0 Å². The second kappa shape index (κ2) is 19.4. The number of allylic oxidation sites excluding steroid dienone is 4. The monoisotopic (exact) mass is 696 g/mol. The van der Waals surface area contributed by atoms with Crippen molar-refractivity contribution < 1.29 is 34.6 Å². The minimum atomic E-state index is -1.24. The second-order valence-electron chi connectivity index (χ2n) is 15.7. The molecule has 6 atom stereocenters. The second-order valence-corrected chi connectivity index (χ2v) is 19.6. The third-order valence-electron chi connectivity index (χ3n) is 10.6. The van der Waals surface area contributed by atoms with E-state index in [1.165, 1.54) is 31.8 Å². The van der Waals surface area contributed by atoms with E-state index in [0.717, 1.165) is 19.3 Å². The highest BCUT2D eigenvalue weighted by Crippen LogP contribution is 2.56. The molecule has 0 bridgehead atoms. The lowest BCUT2D eigenvalue weighted by atomic mass is 9.55. The molecule has 0 spiro atoms. The van der Waals surface area contributed by atoms with E-state index in [2.05, 4.69) is 78.9 Å². The Kier molecular flexibility index (Phi) is 17.7. The molecular weight excluding hydrogens is 625 g/mol. The SMILES string of the molecule is C=CCOC(=O)CCC(C)(C)C(=O)O.CC.CCC12CC[C@@H](C)C=C1C=CC(C)C2CCC[C@@H]1CC(OS(C)(C)C(C)(C)C)CC(=O)O1.[HH]. The summed E-state index contributed by atoms with van der Waals surface area (Å²) in [6.45, 7) is 24.6. The Labute approximate surface area is 296 Å². The molecule has 0 aromatic rings. The van der Waals surface area contributed by atoms with Gasteiger partial charge in [-0.05, 0) is 100 Å². The van der Waals surface area contributed by atoms with E-state index >= 15 is 0 Å². The van der Waals surface area contributed by atoms with Crippen molar-refractivity contribution in [3.8, 4) is 0 Å². The van der Waals surface area contributed by atoms with Crippen LogP contribution in [0.15, 0.2) is 36.5 Å². The predicted octanol–water partition coefficient (Wildman–Crippen LogP) is 10.5. The highest BCUT2D eigenvalue weighted by molar-refractivity contribution is 8.29. The zero-order valence-corrected chi connectivity index (χ0v) is 33.3. The summed E-state index contributed by atoms with van der Waals surface area (Å²) in [5.74, 6) is 0.615. The summed E-state index contributed by atoms with van der Waals surface area (Å²) in [4.78, 5) is 34.0. The van der Waals surface area contributed by atoms with Gasteiger partial charge in [0.2, 0.25) is 0 Å². The summed E-state index contributed by atoms with van der Waals surface area (Å²) in [5, 5.41) is 8.76. The summed E-state index contributed by atoms with van der Waals surface area (Å²) in [6.07, 6.45) is 22.1. The van der Waals surface area contributed by atoms with Gasteiger partial charge in [0.1, 0.15) is 12.7 Å². The third kappa shape index (κ3) is 12.7. The molecule has 0 radical (unpaired) electrons. The Morgan fingerprint density at radius 1 is 1.17 bits per heavy atom. The van der Waals surface area contributed by atoms with Crippen molar-refractivity contribution >= 4 is 28.2 Å². The van der Waals surface area contributed by atoms with Gasteiger partial charge in [-0.1, -0.05) is 86.3 Å². The Balaban J connectivity index is 0.00000115. The summed E-state index contributed by atoms with van der Waals surface area (Å²) in [5.41, 5.74) is 1.05. The van der Waals surface area contributed by atoms with E-state index in [0.29, 0.717) is 29.6 Å². The van der Waals surface area contributed by atoms with Gasteiger partial charge in [0.05, 0.1) is 17.9 Å². The molecule has 0 aromatic carbocycles. The molecule has 7 nitrogen and oxygen atoms in total. The van der Waals surface area contributed by atoms with Crippen LogP contribution >= 0.6 is 10.3 Å². The number of rotatable bonds is 13. The van der Waals surface area contributed by atoms with Crippen molar-refractivity contribution in [3.63, 3.8) is 0 Å². The lowest BCUT2D eigenvalue weighted by molar-refractivity contribution is -0.159. The quantitative estimate of drug-likeness (QED) is 0.151. The Morgan fingerprint density at radius 2 is 1.81 bits per heavy atom. The maximum Gasteiger partial charge on any atom is 0.309 e. The molecule has 1 N–H and O–H groups in total. The number of hydrogen-bond acceptors (Lipinski definition) is 6. The molecule has 0 amide bonds. The van der Waals surface area contributed by atoms with Crippen molar-refractivity contribution in [1.82, 2.24) is 0 Å². The van der Waals surface area contributed by atoms with Gasteiger partial charge < -0.3 is 18.8 Å². The van der Waals surface area contributed by atoms with Crippen LogP contribution in [0.3, 0.4) is 0 Å². The van der Waals surface area contributed by atoms with Gasteiger partial charge in [0.15, 0.2) is 0 Å². The summed E-state index contributed by atoms with van der Waals surface area (Å²) in [6, 6.07) is 0. The molecule has 1 fully saturated rings. The van der Waals surface area contributed by atoms with E-state index in [4.69, 9.17) is 18.8 Å². The number of carbonyl (C=O) groups is 3. The summed E-state index contributed by atoms with van der Waals surface area (Å²) in [7, 11) is -1.24. The average molecular weight is 697 g/mol.